The van der Waals surface area contributed by atoms with E-state index in [1.807, 2.05) is 19.1 Å². The number of rotatable bonds is 7. The van der Waals surface area contributed by atoms with Gasteiger partial charge in [-0.15, -0.1) is 0 Å². The predicted octanol–water partition coefficient (Wildman–Crippen LogP) is 2.10. The van der Waals surface area contributed by atoms with Crippen molar-refractivity contribution >= 4 is 29.4 Å². The third kappa shape index (κ3) is 5.16. The molecule has 1 aliphatic heterocycles. The second kappa shape index (κ2) is 9.76. The molecule has 0 bridgehead atoms. The minimum atomic E-state index is -0.489. The van der Waals surface area contributed by atoms with E-state index in [0.29, 0.717) is 23.8 Å². The Morgan fingerprint density at radius 3 is 2.61 bits per heavy atom. The molecule has 2 aromatic heterocycles. The lowest BCUT2D eigenvalue weighted by molar-refractivity contribution is -0.127. The second-order valence-electron chi connectivity index (χ2n) is 8.32. The average molecular weight is 449 g/mol. The van der Waals surface area contributed by atoms with Crippen molar-refractivity contribution in [1.29, 1.82) is 0 Å². The number of nitrogens with zero attached hydrogens (tertiary/aromatic N) is 5. The van der Waals surface area contributed by atoms with Crippen LogP contribution in [0.15, 0.2) is 47.2 Å². The van der Waals surface area contributed by atoms with Gasteiger partial charge >= 0.3 is 0 Å². The summed E-state index contributed by atoms with van der Waals surface area (Å²) in [4.78, 5) is 44.6. The molecular weight excluding hydrogens is 420 g/mol. The number of nitrogens with two attached hydrogens (primary N) is 1. The highest BCUT2D eigenvalue weighted by molar-refractivity contribution is 6.05. The molecule has 3 heterocycles. The number of hydrogen-bond donors (Lipinski definition) is 3. The van der Waals surface area contributed by atoms with E-state index in [1.54, 1.807) is 24.3 Å². The summed E-state index contributed by atoms with van der Waals surface area (Å²) in [6.07, 6.45) is 9.98. The number of aliphatic imine (C=N–C) groups is 1. The van der Waals surface area contributed by atoms with E-state index < -0.39 is 5.91 Å². The molecule has 2 aromatic rings. The van der Waals surface area contributed by atoms with Gasteiger partial charge in [0.15, 0.2) is 5.69 Å². The van der Waals surface area contributed by atoms with Crippen LogP contribution in [0.3, 0.4) is 0 Å². The highest BCUT2D eigenvalue weighted by Crippen LogP contribution is 2.39. The van der Waals surface area contributed by atoms with Crippen molar-refractivity contribution in [1.82, 2.24) is 25.2 Å². The minimum Gasteiger partial charge on any atom is -0.393 e. The molecule has 1 saturated heterocycles. The predicted molar refractivity (Wildman–Crippen MR) is 125 cm³/mol. The van der Waals surface area contributed by atoms with Crippen LogP contribution in [0.1, 0.15) is 54.7 Å². The normalized spacial score (nSPS) is 18.8. The van der Waals surface area contributed by atoms with Gasteiger partial charge in [-0.3, -0.25) is 14.6 Å². The molecule has 0 radical (unpaired) electrons. The average Bonchev–Trinajstić information content (AvgIpc) is 3.59. The van der Waals surface area contributed by atoms with Gasteiger partial charge in [0.1, 0.15) is 12.0 Å². The molecular formula is C23H28N8O2. The Kier molecular flexibility index (Phi) is 6.62. The summed E-state index contributed by atoms with van der Waals surface area (Å²) in [5, 5.41) is 5.89. The topological polar surface area (TPSA) is 138 Å². The molecule has 1 aliphatic carbocycles. The number of aromatic nitrogens is 3. The zero-order valence-electron chi connectivity index (χ0n) is 18.8. The number of likely N-dealkylation sites (tertiary alicyclic amines) is 1. The molecule has 172 valence electrons. The first-order chi connectivity index (χ1) is 16.0. The summed E-state index contributed by atoms with van der Waals surface area (Å²) in [5.74, 6) is -0.437. The first kappa shape index (κ1) is 22.4. The molecule has 1 unspecified atom stereocenters. The second-order valence-corrected chi connectivity index (χ2v) is 8.32. The van der Waals surface area contributed by atoms with Crippen molar-refractivity contribution in [2.45, 2.75) is 44.6 Å². The Hall–Kier alpha value is -3.82. The molecule has 2 aliphatic rings. The Bertz CT molecular complexity index is 1090. The Morgan fingerprint density at radius 1 is 1.21 bits per heavy atom. The van der Waals surface area contributed by atoms with E-state index in [0.717, 1.165) is 31.4 Å². The first-order valence-electron chi connectivity index (χ1n) is 11.0. The number of anilines is 2. The molecule has 10 heteroatoms. The van der Waals surface area contributed by atoms with Crippen LogP contribution in [-0.2, 0) is 4.79 Å². The molecule has 4 rings (SSSR count). The Morgan fingerprint density at radius 2 is 1.97 bits per heavy atom. The van der Waals surface area contributed by atoms with Crippen LogP contribution in [0.2, 0.25) is 0 Å². The van der Waals surface area contributed by atoms with Crippen LogP contribution in [0.5, 0.6) is 0 Å². The van der Waals surface area contributed by atoms with Gasteiger partial charge in [0.25, 0.3) is 11.8 Å². The van der Waals surface area contributed by atoms with Gasteiger partial charge in [-0.1, -0.05) is 0 Å². The van der Waals surface area contributed by atoms with Crippen molar-refractivity contribution in [2.24, 2.45) is 10.7 Å². The summed E-state index contributed by atoms with van der Waals surface area (Å²) in [5.41, 5.74) is 8.47. The number of pyridine rings is 1. The third-order valence-corrected chi connectivity index (χ3v) is 5.81. The smallest absolute Gasteiger partial charge is 0.276 e. The van der Waals surface area contributed by atoms with E-state index in [2.05, 4.69) is 30.6 Å². The molecule has 0 aromatic carbocycles. The number of nitrogens with one attached hydrogen (secondary N) is 2. The van der Waals surface area contributed by atoms with Crippen molar-refractivity contribution in [2.75, 3.05) is 18.9 Å². The summed E-state index contributed by atoms with van der Waals surface area (Å²) < 4.78 is 0. The summed E-state index contributed by atoms with van der Waals surface area (Å²) in [6.45, 7) is 2.63. The van der Waals surface area contributed by atoms with Gasteiger partial charge in [0, 0.05) is 37.5 Å². The quantitative estimate of drug-likeness (QED) is 0.435. The molecule has 4 N–H and O–H groups in total. The standard InChI is InChI=1S/C23H28N8O2/c1-14-4-3-9-31(14)23(33)20(24)19(12-25-2)30-22(32)21-18(28-16-10-26-13-27-11-16)8-7-17(29-21)15-5-6-15/h7-8,10-15,28H,3-6,9,24H2,1-2H3,(H,30,32). The number of carbonyl (C=O) groups excluding carboxylic acids is 2. The highest BCUT2D eigenvalue weighted by Gasteiger charge is 2.29. The molecule has 10 nitrogen and oxygen atoms in total. The maximum atomic E-state index is 13.3. The van der Waals surface area contributed by atoms with Crippen molar-refractivity contribution in [3.8, 4) is 0 Å². The third-order valence-electron chi connectivity index (χ3n) is 5.81. The fourth-order valence-electron chi connectivity index (χ4n) is 3.86. The Labute approximate surface area is 192 Å². The summed E-state index contributed by atoms with van der Waals surface area (Å²) in [7, 11) is 1.55. The van der Waals surface area contributed by atoms with E-state index in [9.17, 15) is 9.59 Å². The molecule has 0 spiro atoms. The van der Waals surface area contributed by atoms with E-state index in [1.165, 1.54) is 12.5 Å². The lowest BCUT2D eigenvalue weighted by atomic mass is 10.2. The molecule has 33 heavy (non-hydrogen) atoms. The van der Waals surface area contributed by atoms with Crippen molar-refractivity contribution in [3.63, 3.8) is 0 Å². The molecule has 2 fully saturated rings. The SMILES string of the molecule is CN=CC(NC(=O)c1nc(C2CC2)ccc1Nc1cncnc1)=C(N)C(=O)N1CCCC1C. The number of allylic oxidation sites excluding steroid dienone is 1. The van der Waals surface area contributed by atoms with Crippen LogP contribution in [0, 0.1) is 0 Å². The van der Waals surface area contributed by atoms with Crippen LogP contribution < -0.4 is 16.4 Å². The van der Waals surface area contributed by atoms with Gasteiger partial charge < -0.3 is 21.3 Å². The zero-order chi connectivity index (χ0) is 23.4. The largest absolute Gasteiger partial charge is 0.393 e. The van der Waals surface area contributed by atoms with Crippen LogP contribution in [0.25, 0.3) is 0 Å². The monoisotopic (exact) mass is 448 g/mol. The summed E-state index contributed by atoms with van der Waals surface area (Å²) >= 11 is 0. The number of carbonyl (C=O) groups is 2. The molecule has 1 saturated carbocycles. The van der Waals surface area contributed by atoms with Crippen LogP contribution >= 0.6 is 0 Å². The number of hydrogen-bond acceptors (Lipinski definition) is 8. The first-order valence-corrected chi connectivity index (χ1v) is 11.0. The lowest BCUT2D eigenvalue weighted by Crippen LogP contribution is -2.39. The van der Waals surface area contributed by atoms with E-state index in [4.69, 9.17) is 5.73 Å². The van der Waals surface area contributed by atoms with Gasteiger partial charge in [-0.25, -0.2) is 15.0 Å². The number of amides is 2. The van der Waals surface area contributed by atoms with E-state index in [-0.39, 0.29) is 29.0 Å². The lowest BCUT2D eigenvalue weighted by Gasteiger charge is -2.22. The van der Waals surface area contributed by atoms with Crippen LogP contribution in [0.4, 0.5) is 11.4 Å². The fraction of sp³-hybridized carbons (Fsp3) is 0.391. The summed E-state index contributed by atoms with van der Waals surface area (Å²) in [6, 6.07) is 3.84. The molecule has 1 atom stereocenters. The van der Waals surface area contributed by atoms with Gasteiger partial charge in [-0.05, 0) is 44.7 Å². The van der Waals surface area contributed by atoms with Crippen molar-refractivity contribution in [3.05, 3.63) is 53.6 Å². The zero-order valence-corrected chi connectivity index (χ0v) is 18.8. The van der Waals surface area contributed by atoms with Gasteiger partial charge in [0.2, 0.25) is 0 Å². The van der Waals surface area contributed by atoms with E-state index >= 15 is 0 Å². The molecule has 2 amide bonds. The van der Waals surface area contributed by atoms with Crippen LogP contribution in [-0.4, -0.2) is 57.5 Å². The van der Waals surface area contributed by atoms with Crippen molar-refractivity contribution < 1.29 is 9.59 Å². The maximum absolute atomic E-state index is 13.3. The highest BCUT2D eigenvalue weighted by atomic mass is 16.2. The Balaban J connectivity index is 1.63. The fourth-order valence-corrected chi connectivity index (χ4v) is 3.86. The maximum Gasteiger partial charge on any atom is 0.276 e. The van der Waals surface area contributed by atoms with Gasteiger partial charge in [-0.2, -0.15) is 0 Å². The van der Waals surface area contributed by atoms with Gasteiger partial charge in [0.05, 0.1) is 29.5 Å². The minimum absolute atomic E-state index is 0.0491.